The van der Waals surface area contributed by atoms with Crippen LogP contribution in [0.15, 0.2) is 54.6 Å². The molecule has 2 heterocycles. The molecule has 1 aromatic heterocycles. The van der Waals surface area contributed by atoms with Crippen molar-refractivity contribution in [2.24, 2.45) is 0 Å². The summed E-state index contributed by atoms with van der Waals surface area (Å²) in [6.45, 7) is 3.18. The normalized spacial score (nSPS) is 20.5. The first kappa shape index (κ1) is 24.9. The van der Waals surface area contributed by atoms with Crippen LogP contribution in [0.1, 0.15) is 75.3 Å². The molecule has 2 amide bonds. The molecule has 2 atom stereocenters. The van der Waals surface area contributed by atoms with E-state index in [9.17, 15) is 9.59 Å². The Morgan fingerprint density at radius 1 is 1.06 bits per heavy atom. The van der Waals surface area contributed by atoms with Gasteiger partial charge in [0.25, 0.3) is 0 Å². The molecule has 2 aliphatic rings. The maximum atomic E-state index is 13.8. The molecule has 1 saturated carbocycles. The maximum absolute atomic E-state index is 13.8. The summed E-state index contributed by atoms with van der Waals surface area (Å²) >= 11 is 2.06. The molecule has 2 aromatic carbocycles. The molecule has 0 unspecified atom stereocenters. The zero-order chi connectivity index (χ0) is 24.9. The summed E-state index contributed by atoms with van der Waals surface area (Å²) in [4.78, 5) is 33.6. The van der Waals surface area contributed by atoms with E-state index in [1.807, 2.05) is 71.0 Å². The number of para-hydroxylation sites is 2. The van der Waals surface area contributed by atoms with Crippen molar-refractivity contribution in [3.63, 3.8) is 0 Å². The van der Waals surface area contributed by atoms with Crippen molar-refractivity contribution in [1.82, 2.24) is 19.8 Å². The quantitative estimate of drug-likeness (QED) is 0.383. The number of aromatic nitrogens is 2. The fourth-order valence-electron chi connectivity index (χ4n) is 5.52. The van der Waals surface area contributed by atoms with Gasteiger partial charge in [-0.25, -0.2) is 4.98 Å². The average molecular weight is 505 g/mol. The number of hydrogen-bond acceptors (Lipinski definition) is 4. The van der Waals surface area contributed by atoms with Gasteiger partial charge >= 0.3 is 0 Å². The number of rotatable bonds is 9. The number of nitrogens with zero attached hydrogens (tertiary/aromatic N) is 3. The van der Waals surface area contributed by atoms with Gasteiger partial charge < -0.3 is 14.8 Å². The van der Waals surface area contributed by atoms with Gasteiger partial charge in [-0.3, -0.25) is 9.59 Å². The van der Waals surface area contributed by atoms with Gasteiger partial charge in [0.05, 0.1) is 23.5 Å². The van der Waals surface area contributed by atoms with E-state index in [0.717, 1.165) is 39.8 Å². The number of thioether (sulfide) groups is 1. The van der Waals surface area contributed by atoms with Gasteiger partial charge in [-0.1, -0.05) is 61.7 Å². The summed E-state index contributed by atoms with van der Waals surface area (Å²) in [5, 5.41) is 3.87. The van der Waals surface area contributed by atoms with Crippen LogP contribution in [0.5, 0.6) is 0 Å². The van der Waals surface area contributed by atoms with E-state index in [-0.39, 0.29) is 24.3 Å². The van der Waals surface area contributed by atoms with Gasteiger partial charge in [-0.05, 0) is 49.6 Å². The lowest BCUT2D eigenvalue weighted by molar-refractivity contribution is -0.142. The molecule has 5 rings (SSSR count). The van der Waals surface area contributed by atoms with Crippen LogP contribution in [0.3, 0.4) is 0 Å². The average Bonchev–Trinajstić information content (AvgIpc) is 3.30. The maximum Gasteiger partial charge on any atom is 0.247 e. The third-order valence-electron chi connectivity index (χ3n) is 7.47. The van der Waals surface area contributed by atoms with E-state index in [1.165, 1.54) is 32.1 Å². The zero-order valence-electron chi connectivity index (χ0n) is 21.1. The highest BCUT2D eigenvalue weighted by molar-refractivity contribution is 7.99. The minimum atomic E-state index is -0.594. The van der Waals surface area contributed by atoms with Crippen LogP contribution < -0.4 is 5.32 Å². The van der Waals surface area contributed by atoms with Crippen LogP contribution in [0, 0.1) is 0 Å². The van der Waals surface area contributed by atoms with E-state index in [2.05, 4.69) is 17.1 Å². The van der Waals surface area contributed by atoms with Crippen molar-refractivity contribution >= 4 is 34.6 Å². The standard InChI is InChI=1S/C29H36N4O2S/c1-21-28-31-24-15-8-9-16-25(24)33(28)26(29(35)32(21)20-22-11-4-2-5-12-22)19-27(34)30-17-10-18-36-23-13-6-3-7-14-23/h2,4-5,8-9,11-12,15-16,21,23,26H,3,6-7,10,13-14,17-20H2,1H3,(H,30,34)/t21-,26+/m1/s1. The lowest BCUT2D eigenvalue weighted by atomic mass is 10.0. The zero-order valence-corrected chi connectivity index (χ0v) is 21.9. The number of hydrogen-bond donors (Lipinski definition) is 1. The lowest BCUT2D eigenvalue weighted by Crippen LogP contribution is -2.46. The molecule has 0 radical (unpaired) electrons. The third kappa shape index (κ3) is 5.46. The molecule has 6 nitrogen and oxygen atoms in total. The molecule has 1 fully saturated rings. The molecule has 1 N–H and O–H groups in total. The number of amides is 2. The van der Waals surface area contributed by atoms with Gasteiger partial charge in [0, 0.05) is 18.3 Å². The van der Waals surface area contributed by atoms with Crippen molar-refractivity contribution in [3.05, 3.63) is 66.0 Å². The Kier molecular flexibility index (Phi) is 7.95. The summed E-state index contributed by atoms with van der Waals surface area (Å²) < 4.78 is 2.00. The highest BCUT2D eigenvalue weighted by Crippen LogP contribution is 2.37. The minimum absolute atomic E-state index is 0.0231. The van der Waals surface area contributed by atoms with Gasteiger partial charge in [0.1, 0.15) is 11.9 Å². The Bertz CT molecular complexity index is 1190. The molecule has 1 aliphatic heterocycles. The minimum Gasteiger partial charge on any atom is -0.356 e. The van der Waals surface area contributed by atoms with Crippen LogP contribution in [0.25, 0.3) is 11.0 Å². The number of nitrogens with one attached hydrogen (secondary N) is 1. The molecule has 190 valence electrons. The number of carbonyl (C=O) groups is 2. The van der Waals surface area contributed by atoms with Crippen LogP contribution in [-0.2, 0) is 16.1 Å². The number of carbonyl (C=O) groups excluding carboxylic acids is 2. The Labute approximate surface area is 217 Å². The Balaban J connectivity index is 1.28. The second-order valence-electron chi connectivity index (χ2n) is 10.0. The summed E-state index contributed by atoms with van der Waals surface area (Å²) in [6.07, 6.45) is 7.84. The van der Waals surface area contributed by atoms with E-state index < -0.39 is 6.04 Å². The first-order chi connectivity index (χ1) is 17.6. The molecule has 0 spiro atoms. The van der Waals surface area contributed by atoms with Gasteiger partial charge in [0.15, 0.2) is 0 Å². The van der Waals surface area contributed by atoms with Crippen molar-refractivity contribution in [3.8, 4) is 0 Å². The van der Waals surface area contributed by atoms with Gasteiger partial charge in [-0.15, -0.1) is 0 Å². The molecular weight excluding hydrogens is 468 g/mol. The number of fused-ring (bicyclic) bond motifs is 3. The molecular formula is C29H36N4O2S. The van der Waals surface area contributed by atoms with Crippen LogP contribution in [0.2, 0.25) is 0 Å². The fraction of sp³-hybridized carbons (Fsp3) is 0.483. The van der Waals surface area contributed by atoms with E-state index in [0.29, 0.717) is 13.1 Å². The van der Waals surface area contributed by atoms with Crippen molar-refractivity contribution in [1.29, 1.82) is 0 Å². The van der Waals surface area contributed by atoms with Crippen LogP contribution >= 0.6 is 11.8 Å². The third-order valence-corrected chi connectivity index (χ3v) is 8.93. The number of benzene rings is 2. The van der Waals surface area contributed by atoms with E-state index in [1.54, 1.807) is 0 Å². The van der Waals surface area contributed by atoms with E-state index in [4.69, 9.17) is 4.98 Å². The van der Waals surface area contributed by atoms with Gasteiger partial charge in [0.2, 0.25) is 11.8 Å². The van der Waals surface area contributed by atoms with E-state index >= 15 is 0 Å². The van der Waals surface area contributed by atoms with Crippen LogP contribution in [-0.4, -0.2) is 43.8 Å². The summed E-state index contributed by atoms with van der Waals surface area (Å²) in [5.41, 5.74) is 2.84. The molecule has 0 saturated heterocycles. The molecule has 1 aliphatic carbocycles. The summed E-state index contributed by atoms with van der Waals surface area (Å²) in [6, 6.07) is 17.1. The highest BCUT2D eigenvalue weighted by Gasteiger charge is 2.40. The fourth-order valence-corrected chi connectivity index (χ4v) is 6.83. The molecule has 0 bridgehead atoms. The predicted octanol–water partition coefficient (Wildman–Crippen LogP) is 5.64. The Morgan fingerprint density at radius 2 is 1.81 bits per heavy atom. The van der Waals surface area contributed by atoms with Gasteiger partial charge in [-0.2, -0.15) is 11.8 Å². The SMILES string of the molecule is C[C@@H]1c2nc3ccccc3n2[C@@H](CC(=O)NCCCSC2CCCCC2)C(=O)N1Cc1ccccc1. The predicted molar refractivity (Wildman–Crippen MR) is 146 cm³/mol. The molecule has 7 heteroatoms. The largest absolute Gasteiger partial charge is 0.356 e. The van der Waals surface area contributed by atoms with Crippen molar-refractivity contribution in [2.45, 2.75) is 75.7 Å². The monoisotopic (exact) mass is 504 g/mol. The summed E-state index contributed by atoms with van der Waals surface area (Å²) in [7, 11) is 0. The summed E-state index contributed by atoms with van der Waals surface area (Å²) in [5.74, 6) is 1.82. The second-order valence-corrected chi connectivity index (χ2v) is 11.4. The Morgan fingerprint density at radius 3 is 2.61 bits per heavy atom. The smallest absolute Gasteiger partial charge is 0.247 e. The first-order valence-corrected chi connectivity index (χ1v) is 14.4. The highest BCUT2D eigenvalue weighted by atomic mass is 32.2. The topological polar surface area (TPSA) is 67.2 Å². The van der Waals surface area contributed by atoms with Crippen LogP contribution in [0.4, 0.5) is 0 Å². The Hall–Kier alpha value is -2.80. The molecule has 36 heavy (non-hydrogen) atoms. The first-order valence-electron chi connectivity index (χ1n) is 13.3. The second kappa shape index (κ2) is 11.5. The lowest BCUT2D eigenvalue weighted by Gasteiger charge is -2.38. The van der Waals surface area contributed by atoms with Crippen molar-refractivity contribution < 1.29 is 9.59 Å². The van der Waals surface area contributed by atoms with Crippen molar-refractivity contribution in [2.75, 3.05) is 12.3 Å². The molecule has 3 aromatic rings. The number of imidazole rings is 1.